The predicted molar refractivity (Wildman–Crippen MR) is 104 cm³/mol. The maximum Gasteiger partial charge on any atom is 0.319 e. The lowest BCUT2D eigenvalue weighted by Crippen LogP contribution is -2.30. The number of carbonyl (C=O) groups excluding carboxylic acids is 1. The number of urea groups is 1. The monoisotopic (exact) mass is 374 g/mol. The van der Waals surface area contributed by atoms with Gasteiger partial charge in [-0.15, -0.1) is 0 Å². The van der Waals surface area contributed by atoms with E-state index in [0.717, 1.165) is 5.56 Å². The minimum atomic E-state index is -0.320. The maximum absolute atomic E-state index is 12.2. The van der Waals surface area contributed by atoms with Crippen molar-refractivity contribution in [1.29, 1.82) is 0 Å². The zero-order chi connectivity index (χ0) is 19.6. The van der Waals surface area contributed by atoms with Gasteiger partial charge in [-0.1, -0.05) is 6.07 Å². The van der Waals surface area contributed by atoms with Crippen LogP contribution in [-0.2, 0) is 6.42 Å². The average Bonchev–Trinajstić information content (AvgIpc) is 2.69. The maximum atomic E-state index is 12.2. The number of nitrogens with one attached hydrogen (secondary N) is 2. The third kappa shape index (κ3) is 5.70. The molecule has 2 rings (SSSR count). The minimum Gasteiger partial charge on any atom is -0.497 e. The summed E-state index contributed by atoms with van der Waals surface area (Å²) in [6, 6.07) is 10.6. The molecular weight excluding hydrogens is 348 g/mol. The van der Waals surface area contributed by atoms with Crippen LogP contribution in [0.15, 0.2) is 36.4 Å². The van der Waals surface area contributed by atoms with Crippen molar-refractivity contribution in [1.82, 2.24) is 5.32 Å². The van der Waals surface area contributed by atoms with Crippen molar-refractivity contribution >= 4 is 11.7 Å². The lowest BCUT2D eigenvalue weighted by molar-refractivity contribution is 0.252. The van der Waals surface area contributed by atoms with Crippen molar-refractivity contribution < 1.29 is 23.7 Å². The molecule has 0 unspecified atom stereocenters. The van der Waals surface area contributed by atoms with Crippen LogP contribution in [0.25, 0.3) is 0 Å². The Labute approximate surface area is 159 Å². The van der Waals surface area contributed by atoms with E-state index in [2.05, 4.69) is 10.6 Å². The number of hydrogen-bond donors (Lipinski definition) is 2. The van der Waals surface area contributed by atoms with E-state index in [4.69, 9.17) is 18.9 Å². The molecule has 0 heterocycles. The molecule has 7 nitrogen and oxygen atoms in total. The molecule has 0 fully saturated rings. The van der Waals surface area contributed by atoms with E-state index in [1.807, 2.05) is 25.1 Å². The smallest absolute Gasteiger partial charge is 0.319 e. The van der Waals surface area contributed by atoms with E-state index >= 15 is 0 Å². The highest BCUT2D eigenvalue weighted by atomic mass is 16.5. The van der Waals surface area contributed by atoms with Gasteiger partial charge in [-0.2, -0.15) is 0 Å². The Morgan fingerprint density at radius 3 is 2.33 bits per heavy atom. The first-order valence-corrected chi connectivity index (χ1v) is 8.67. The number of benzene rings is 2. The van der Waals surface area contributed by atoms with Gasteiger partial charge in [0.2, 0.25) is 0 Å². The Balaban J connectivity index is 1.91. The number of rotatable bonds is 9. The molecule has 0 radical (unpaired) electrons. The molecule has 7 heteroatoms. The Morgan fingerprint density at radius 1 is 0.926 bits per heavy atom. The van der Waals surface area contributed by atoms with Crippen LogP contribution >= 0.6 is 0 Å². The van der Waals surface area contributed by atoms with Crippen LogP contribution in [0.3, 0.4) is 0 Å². The van der Waals surface area contributed by atoms with Crippen molar-refractivity contribution in [2.24, 2.45) is 0 Å². The molecule has 0 spiro atoms. The van der Waals surface area contributed by atoms with Gasteiger partial charge < -0.3 is 29.6 Å². The molecule has 0 aliphatic rings. The van der Waals surface area contributed by atoms with Crippen LogP contribution in [0.4, 0.5) is 10.5 Å². The zero-order valence-electron chi connectivity index (χ0n) is 16.1. The van der Waals surface area contributed by atoms with E-state index < -0.39 is 0 Å². The van der Waals surface area contributed by atoms with Crippen molar-refractivity contribution in [3.8, 4) is 23.0 Å². The Kier molecular flexibility index (Phi) is 7.61. The van der Waals surface area contributed by atoms with Crippen LogP contribution in [0.2, 0.25) is 0 Å². The first kappa shape index (κ1) is 20.2. The van der Waals surface area contributed by atoms with Crippen molar-refractivity contribution in [2.45, 2.75) is 13.3 Å². The van der Waals surface area contributed by atoms with Gasteiger partial charge in [0.1, 0.15) is 11.5 Å². The molecular formula is C20H26N2O5. The summed E-state index contributed by atoms with van der Waals surface area (Å²) in [4.78, 5) is 12.2. The van der Waals surface area contributed by atoms with Crippen LogP contribution in [-0.4, -0.2) is 40.5 Å². The molecule has 2 amide bonds. The summed E-state index contributed by atoms with van der Waals surface area (Å²) in [5, 5.41) is 5.60. The van der Waals surface area contributed by atoms with Gasteiger partial charge in [-0.25, -0.2) is 4.79 Å². The summed E-state index contributed by atoms with van der Waals surface area (Å²) < 4.78 is 21.3. The van der Waals surface area contributed by atoms with E-state index in [-0.39, 0.29) is 6.03 Å². The number of anilines is 1. The summed E-state index contributed by atoms with van der Waals surface area (Å²) in [7, 11) is 4.72. The molecule has 0 aliphatic heterocycles. The fraction of sp³-hybridized carbons (Fsp3) is 0.350. The Morgan fingerprint density at radius 2 is 1.67 bits per heavy atom. The van der Waals surface area contributed by atoms with Gasteiger partial charge in [-0.05, 0) is 43.2 Å². The summed E-state index contributed by atoms with van der Waals surface area (Å²) in [5.74, 6) is 2.58. The molecule has 0 aliphatic carbocycles. The Hall–Kier alpha value is -3.09. The highest BCUT2D eigenvalue weighted by Gasteiger charge is 2.09. The summed E-state index contributed by atoms with van der Waals surface area (Å²) >= 11 is 0. The van der Waals surface area contributed by atoms with E-state index in [0.29, 0.717) is 48.3 Å². The predicted octanol–water partition coefficient (Wildman–Crippen LogP) is 3.48. The summed E-state index contributed by atoms with van der Waals surface area (Å²) in [6.45, 7) is 2.97. The first-order valence-electron chi connectivity index (χ1n) is 8.67. The number of hydrogen-bond acceptors (Lipinski definition) is 5. The summed E-state index contributed by atoms with van der Waals surface area (Å²) in [6.07, 6.45) is 0.658. The summed E-state index contributed by atoms with van der Waals surface area (Å²) in [5.41, 5.74) is 1.58. The van der Waals surface area contributed by atoms with Crippen LogP contribution in [0.5, 0.6) is 23.0 Å². The van der Waals surface area contributed by atoms with Crippen molar-refractivity contribution in [3.05, 3.63) is 42.0 Å². The molecule has 0 saturated carbocycles. The van der Waals surface area contributed by atoms with Gasteiger partial charge in [-0.3, -0.25) is 0 Å². The van der Waals surface area contributed by atoms with Gasteiger partial charge >= 0.3 is 6.03 Å². The molecule has 0 saturated heterocycles. The number of carbonyl (C=O) groups is 1. The second-order valence-corrected chi connectivity index (χ2v) is 5.62. The molecule has 146 valence electrons. The molecule has 2 N–H and O–H groups in total. The largest absolute Gasteiger partial charge is 0.497 e. The van der Waals surface area contributed by atoms with Crippen molar-refractivity contribution in [3.63, 3.8) is 0 Å². The number of amides is 2. The van der Waals surface area contributed by atoms with Gasteiger partial charge in [0.25, 0.3) is 0 Å². The van der Waals surface area contributed by atoms with Crippen molar-refractivity contribution in [2.75, 3.05) is 39.8 Å². The van der Waals surface area contributed by atoms with E-state index in [1.54, 1.807) is 39.5 Å². The first-order chi connectivity index (χ1) is 13.1. The fourth-order valence-corrected chi connectivity index (χ4v) is 2.54. The van der Waals surface area contributed by atoms with Crippen LogP contribution in [0, 0.1) is 0 Å². The average molecular weight is 374 g/mol. The quantitative estimate of drug-likeness (QED) is 0.703. The molecule has 2 aromatic rings. The normalized spacial score (nSPS) is 10.1. The van der Waals surface area contributed by atoms with E-state index in [1.165, 1.54) is 0 Å². The van der Waals surface area contributed by atoms with Crippen LogP contribution < -0.4 is 29.6 Å². The molecule has 0 aromatic heterocycles. The molecule has 2 aromatic carbocycles. The van der Waals surface area contributed by atoms with Crippen LogP contribution in [0.1, 0.15) is 12.5 Å². The number of ether oxygens (including phenoxy) is 4. The highest BCUT2D eigenvalue weighted by Crippen LogP contribution is 2.29. The minimum absolute atomic E-state index is 0.320. The third-order valence-electron chi connectivity index (χ3n) is 3.88. The zero-order valence-corrected chi connectivity index (χ0v) is 16.1. The molecule has 0 bridgehead atoms. The second-order valence-electron chi connectivity index (χ2n) is 5.62. The second kappa shape index (κ2) is 10.2. The topological polar surface area (TPSA) is 78.1 Å². The Bertz CT molecular complexity index is 764. The standard InChI is InChI=1S/C20H26N2O5/c1-5-27-18-8-6-14(12-19(18)26-4)10-11-21-20(23)22-16-13-15(24-2)7-9-17(16)25-3/h6-9,12-13H,5,10-11H2,1-4H3,(H2,21,22,23). The lowest BCUT2D eigenvalue weighted by atomic mass is 10.1. The molecule has 0 atom stereocenters. The molecule has 27 heavy (non-hydrogen) atoms. The van der Waals surface area contributed by atoms with Gasteiger partial charge in [0.15, 0.2) is 11.5 Å². The fourth-order valence-electron chi connectivity index (χ4n) is 2.54. The van der Waals surface area contributed by atoms with Gasteiger partial charge in [0.05, 0.1) is 33.6 Å². The SMILES string of the molecule is CCOc1ccc(CCNC(=O)Nc2cc(OC)ccc2OC)cc1OC. The number of methoxy groups -OCH3 is 3. The highest BCUT2D eigenvalue weighted by molar-refractivity contribution is 5.91. The lowest BCUT2D eigenvalue weighted by Gasteiger charge is -2.13. The van der Waals surface area contributed by atoms with E-state index in [9.17, 15) is 4.79 Å². The van der Waals surface area contributed by atoms with Gasteiger partial charge in [0, 0.05) is 12.6 Å². The third-order valence-corrected chi connectivity index (χ3v) is 3.88.